The summed E-state index contributed by atoms with van der Waals surface area (Å²) in [5, 5.41) is 12.4. The average molecular weight is 386 g/mol. The molecule has 2 unspecified atom stereocenters. The van der Waals surface area contributed by atoms with E-state index >= 15 is 0 Å². The van der Waals surface area contributed by atoms with Crippen molar-refractivity contribution < 1.29 is 28.0 Å². The zero-order chi connectivity index (χ0) is 19.2. The molecular weight excluding hydrogens is 354 g/mol. The van der Waals surface area contributed by atoms with E-state index in [0.717, 1.165) is 6.42 Å². The van der Waals surface area contributed by atoms with Crippen LogP contribution in [-0.2, 0) is 22.9 Å². The maximum absolute atomic E-state index is 12.6. The highest BCUT2D eigenvalue weighted by Crippen LogP contribution is 2.48. The lowest BCUT2D eigenvalue weighted by atomic mass is 9.82. The Hall–Kier alpha value is -1.22. The number of carboxylic acids is 1. The molecule has 148 valence electrons. The average Bonchev–Trinajstić information content (AvgIpc) is 3.20. The van der Waals surface area contributed by atoms with E-state index in [-0.39, 0.29) is 17.7 Å². The van der Waals surface area contributed by atoms with Crippen LogP contribution < -0.4 is 5.32 Å². The third kappa shape index (κ3) is 4.73. The fraction of sp³-hybridized carbons (Fsp3) is 0.778. The molecule has 1 saturated carbocycles. The van der Waals surface area contributed by atoms with Crippen molar-refractivity contribution in [3.63, 3.8) is 0 Å². The lowest BCUT2D eigenvalue weighted by molar-refractivity contribution is -0.147. The van der Waals surface area contributed by atoms with Crippen molar-refractivity contribution in [2.75, 3.05) is 26.4 Å². The minimum Gasteiger partial charge on any atom is -0.481 e. The number of rotatable bonds is 12. The summed E-state index contributed by atoms with van der Waals surface area (Å²) >= 11 is 0. The molecule has 0 heterocycles. The number of hydrogen-bond donors (Lipinski definition) is 2. The van der Waals surface area contributed by atoms with Crippen molar-refractivity contribution in [2.45, 2.75) is 39.7 Å². The molecule has 4 atom stereocenters. The highest BCUT2D eigenvalue weighted by molar-refractivity contribution is 6.60. The molecule has 0 saturated heterocycles. The van der Waals surface area contributed by atoms with Crippen LogP contribution in [0.5, 0.6) is 0 Å². The standard InChI is InChI=1S/C18H31NO6Si/c1-4-23-26(24-5-2,25-6-3)11-7-10-19-17(20)15-13-8-9-14(12-13)16(15)18(21)22/h8-9,13-16H,4-7,10-12H2,1-3H3,(H,19,20)(H,21,22)/t13-,14+,15?,16?/m0/s1. The Kier molecular flexibility index (Phi) is 7.81. The Labute approximate surface area is 156 Å². The van der Waals surface area contributed by atoms with Crippen LogP contribution >= 0.6 is 0 Å². The van der Waals surface area contributed by atoms with Gasteiger partial charge in [-0.25, -0.2) is 0 Å². The third-order valence-corrected chi connectivity index (χ3v) is 8.25. The van der Waals surface area contributed by atoms with Crippen LogP contribution in [0.15, 0.2) is 12.2 Å². The zero-order valence-corrected chi connectivity index (χ0v) is 16.9. The molecule has 0 aliphatic heterocycles. The van der Waals surface area contributed by atoms with Crippen molar-refractivity contribution in [3.8, 4) is 0 Å². The number of carbonyl (C=O) groups is 2. The summed E-state index contributed by atoms with van der Waals surface area (Å²) < 4.78 is 17.4. The van der Waals surface area contributed by atoms with Crippen LogP contribution in [0.25, 0.3) is 0 Å². The number of hydrogen-bond acceptors (Lipinski definition) is 5. The van der Waals surface area contributed by atoms with E-state index in [2.05, 4.69) is 5.32 Å². The number of fused-ring (bicyclic) bond motifs is 2. The van der Waals surface area contributed by atoms with E-state index < -0.39 is 26.6 Å². The van der Waals surface area contributed by atoms with Crippen LogP contribution in [-0.4, -0.2) is 52.2 Å². The number of amides is 1. The molecule has 2 bridgehead atoms. The van der Waals surface area contributed by atoms with Crippen molar-refractivity contribution >= 4 is 20.7 Å². The van der Waals surface area contributed by atoms with Gasteiger partial charge in [0.1, 0.15) is 0 Å². The van der Waals surface area contributed by atoms with Gasteiger partial charge in [0.15, 0.2) is 0 Å². The maximum atomic E-state index is 12.6. The van der Waals surface area contributed by atoms with Gasteiger partial charge < -0.3 is 23.7 Å². The molecule has 0 spiro atoms. The molecule has 2 N–H and O–H groups in total. The normalized spacial score (nSPS) is 27.0. The second-order valence-corrected chi connectivity index (χ2v) is 9.45. The van der Waals surface area contributed by atoms with E-state index in [1.165, 1.54) is 0 Å². The van der Waals surface area contributed by atoms with Gasteiger partial charge in [-0.05, 0) is 45.4 Å². The first-order valence-electron chi connectivity index (χ1n) is 9.58. The number of carboxylic acid groups (broad SMARTS) is 1. The van der Waals surface area contributed by atoms with Crippen molar-refractivity contribution in [1.82, 2.24) is 5.32 Å². The summed E-state index contributed by atoms with van der Waals surface area (Å²) in [6.45, 7) is 7.77. The Morgan fingerprint density at radius 2 is 1.58 bits per heavy atom. The molecular formula is C18H31NO6Si. The Morgan fingerprint density at radius 3 is 2.08 bits per heavy atom. The summed E-state index contributed by atoms with van der Waals surface area (Å²) in [5.74, 6) is -2.07. The molecule has 1 amide bonds. The highest BCUT2D eigenvalue weighted by Gasteiger charge is 2.51. The minimum absolute atomic E-state index is 0.0119. The fourth-order valence-electron chi connectivity index (χ4n) is 4.15. The summed E-state index contributed by atoms with van der Waals surface area (Å²) in [6, 6.07) is 0.627. The molecule has 2 aliphatic rings. The SMILES string of the molecule is CCO[Si](CCCNC(=O)C1C(C(=O)O)[C@@H]2C=C[C@H]1C2)(OCC)OCC. The summed E-state index contributed by atoms with van der Waals surface area (Å²) in [5.41, 5.74) is 0. The first-order chi connectivity index (χ1) is 12.5. The summed E-state index contributed by atoms with van der Waals surface area (Å²) in [4.78, 5) is 24.1. The Balaban J connectivity index is 1.85. The third-order valence-electron chi connectivity index (χ3n) is 5.10. The van der Waals surface area contributed by atoms with Gasteiger partial charge in [0.25, 0.3) is 0 Å². The topological polar surface area (TPSA) is 94.1 Å². The van der Waals surface area contributed by atoms with E-state index in [0.29, 0.717) is 38.8 Å². The Morgan fingerprint density at radius 1 is 1.04 bits per heavy atom. The first-order valence-corrected chi connectivity index (χ1v) is 11.5. The lowest BCUT2D eigenvalue weighted by Gasteiger charge is -2.28. The van der Waals surface area contributed by atoms with Crippen LogP contribution in [0.3, 0.4) is 0 Å². The van der Waals surface area contributed by atoms with Gasteiger partial charge in [-0.2, -0.15) is 0 Å². The predicted molar refractivity (Wildman–Crippen MR) is 98.4 cm³/mol. The van der Waals surface area contributed by atoms with Crippen molar-refractivity contribution in [3.05, 3.63) is 12.2 Å². The van der Waals surface area contributed by atoms with Crippen molar-refractivity contribution in [2.24, 2.45) is 23.7 Å². The van der Waals surface area contributed by atoms with Gasteiger partial charge in [0.05, 0.1) is 11.8 Å². The van der Waals surface area contributed by atoms with Gasteiger partial charge >= 0.3 is 14.8 Å². The van der Waals surface area contributed by atoms with Crippen LogP contribution in [0.1, 0.15) is 33.6 Å². The molecule has 0 radical (unpaired) electrons. The second kappa shape index (κ2) is 9.64. The predicted octanol–water partition coefficient (Wildman–Crippen LogP) is 2.06. The molecule has 1 fully saturated rings. The summed E-state index contributed by atoms with van der Waals surface area (Å²) in [6.07, 6.45) is 5.38. The fourth-order valence-corrected chi connectivity index (χ4v) is 6.76. The zero-order valence-electron chi connectivity index (χ0n) is 15.9. The van der Waals surface area contributed by atoms with Gasteiger partial charge in [-0.3, -0.25) is 9.59 Å². The molecule has 0 aromatic rings. The van der Waals surface area contributed by atoms with Gasteiger partial charge in [0, 0.05) is 32.4 Å². The molecule has 26 heavy (non-hydrogen) atoms. The van der Waals surface area contributed by atoms with Crippen LogP contribution in [0.2, 0.25) is 6.04 Å². The lowest BCUT2D eigenvalue weighted by Crippen LogP contribution is -2.46. The van der Waals surface area contributed by atoms with E-state index in [9.17, 15) is 14.7 Å². The largest absolute Gasteiger partial charge is 0.500 e. The van der Waals surface area contributed by atoms with E-state index in [1.54, 1.807) is 0 Å². The van der Waals surface area contributed by atoms with Gasteiger partial charge in [-0.15, -0.1) is 0 Å². The maximum Gasteiger partial charge on any atom is 0.500 e. The second-order valence-electron chi connectivity index (χ2n) is 6.71. The molecule has 7 nitrogen and oxygen atoms in total. The van der Waals surface area contributed by atoms with Gasteiger partial charge in [0.2, 0.25) is 5.91 Å². The van der Waals surface area contributed by atoms with E-state index in [1.807, 2.05) is 32.9 Å². The van der Waals surface area contributed by atoms with Gasteiger partial charge in [-0.1, -0.05) is 12.2 Å². The van der Waals surface area contributed by atoms with Crippen LogP contribution in [0, 0.1) is 23.7 Å². The molecule has 0 aromatic carbocycles. The van der Waals surface area contributed by atoms with Crippen molar-refractivity contribution in [1.29, 1.82) is 0 Å². The Bertz CT molecular complexity index is 509. The number of aliphatic carboxylic acids is 1. The smallest absolute Gasteiger partial charge is 0.481 e. The monoisotopic (exact) mass is 385 g/mol. The quantitative estimate of drug-likeness (QED) is 0.303. The number of allylic oxidation sites excluding steroid dienone is 2. The number of carbonyl (C=O) groups excluding carboxylic acids is 1. The first kappa shape index (κ1) is 21.1. The molecule has 0 aromatic heterocycles. The van der Waals surface area contributed by atoms with Crippen LogP contribution in [0.4, 0.5) is 0 Å². The molecule has 2 rings (SSSR count). The number of nitrogens with one attached hydrogen (secondary N) is 1. The molecule has 8 heteroatoms. The molecule has 2 aliphatic carbocycles. The summed E-state index contributed by atoms with van der Waals surface area (Å²) in [7, 11) is -2.70. The highest BCUT2D eigenvalue weighted by atomic mass is 28.4. The minimum atomic E-state index is -2.70. The van der Waals surface area contributed by atoms with E-state index in [4.69, 9.17) is 13.3 Å².